The minimum atomic E-state index is -0.591. The Hall–Kier alpha value is -2.18. The van der Waals surface area contributed by atoms with Gasteiger partial charge >= 0.3 is 0 Å². The second-order valence-corrected chi connectivity index (χ2v) is 9.59. The van der Waals surface area contributed by atoms with Crippen LogP contribution in [0.4, 0.5) is 5.82 Å². The van der Waals surface area contributed by atoms with Crippen molar-refractivity contribution in [3.8, 4) is 11.4 Å². The van der Waals surface area contributed by atoms with Gasteiger partial charge in [0.15, 0.2) is 5.82 Å². The molecule has 1 saturated heterocycles. The molecule has 0 bridgehead atoms. The summed E-state index contributed by atoms with van der Waals surface area (Å²) in [4.78, 5) is 27.3. The number of nitrogens with zero attached hydrogens (tertiary/aromatic N) is 4. The summed E-state index contributed by atoms with van der Waals surface area (Å²) in [6.07, 6.45) is 0.946. The van der Waals surface area contributed by atoms with Gasteiger partial charge in [-0.2, -0.15) is 0 Å². The summed E-state index contributed by atoms with van der Waals surface area (Å²) in [5.74, 6) is 2.04. The molecule has 0 saturated carbocycles. The molecule has 1 fully saturated rings. The maximum atomic E-state index is 13.1. The van der Waals surface area contributed by atoms with Crippen molar-refractivity contribution < 1.29 is 9.53 Å². The number of anilines is 1. The van der Waals surface area contributed by atoms with Crippen molar-refractivity contribution in [3.05, 3.63) is 41.6 Å². The molecule has 0 N–H and O–H groups in total. The van der Waals surface area contributed by atoms with Crippen molar-refractivity contribution in [2.24, 2.45) is 5.41 Å². The zero-order valence-electron chi connectivity index (χ0n) is 18.8. The molecule has 0 aliphatic carbocycles. The van der Waals surface area contributed by atoms with Gasteiger partial charge in [0.1, 0.15) is 5.82 Å². The number of fused-ring (bicyclic) bond motifs is 1. The summed E-state index contributed by atoms with van der Waals surface area (Å²) in [5.41, 5.74) is 2.49. The van der Waals surface area contributed by atoms with Gasteiger partial charge in [0.2, 0.25) is 5.91 Å². The third-order valence-electron chi connectivity index (χ3n) is 5.99. The van der Waals surface area contributed by atoms with Crippen LogP contribution >= 0.6 is 11.6 Å². The molecule has 4 rings (SSSR count). The van der Waals surface area contributed by atoms with Crippen LogP contribution in [0.3, 0.4) is 0 Å². The monoisotopic (exact) mass is 442 g/mol. The van der Waals surface area contributed by atoms with Crippen LogP contribution in [-0.4, -0.2) is 58.5 Å². The van der Waals surface area contributed by atoms with Gasteiger partial charge in [0.05, 0.1) is 29.9 Å². The van der Waals surface area contributed by atoms with Crippen LogP contribution < -0.4 is 4.90 Å². The van der Waals surface area contributed by atoms with Crippen molar-refractivity contribution in [2.45, 2.75) is 52.9 Å². The lowest BCUT2D eigenvalue weighted by Crippen LogP contribution is -2.48. The lowest BCUT2D eigenvalue weighted by atomic mass is 9.92. The van der Waals surface area contributed by atoms with Crippen LogP contribution in [0.1, 0.15) is 39.0 Å². The topological polar surface area (TPSA) is 58.6 Å². The Kier molecular flexibility index (Phi) is 6.22. The summed E-state index contributed by atoms with van der Waals surface area (Å²) in [6, 6.07) is 10.1. The predicted molar refractivity (Wildman–Crippen MR) is 123 cm³/mol. The largest absolute Gasteiger partial charge is 0.372 e. The number of halogens is 1. The van der Waals surface area contributed by atoms with Gasteiger partial charge in [-0.1, -0.05) is 30.3 Å². The van der Waals surface area contributed by atoms with Crippen molar-refractivity contribution in [3.63, 3.8) is 0 Å². The molecule has 7 heteroatoms. The van der Waals surface area contributed by atoms with E-state index in [-0.39, 0.29) is 18.1 Å². The van der Waals surface area contributed by atoms with Crippen molar-refractivity contribution in [2.75, 3.05) is 30.4 Å². The van der Waals surface area contributed by atoms with Gasteiger partial charge < -0.3 is 14.5 Å². The molecule has 3 heterocycles. The highest BCUT2D eigenvalue weighted by Crippen LogP contribution is 2.33. The van der Waals surface area contributed by atoms with Crippen LogP contribution in [0.2, 0.25) is 0 Å². The first-order valence-electron chi connectivity index (χ1n) is 11.0. The maximum absolute atomic E-state index is 13.1. The average Bonchev–Trinajstić information content (AvgIpc) is 2.77. The molecule has 6 nitrogen and oxygen atoms in total. The highest BCUT2D eigenvalue weighted by Gasteiger charge is 2.36. The zero-order valence-corrected chi connectivity index (χ0v) is 19.5. The number of aromatic nitrogens is 2. The van der Waals surface area contributed by atoms with E-state index in [4.69, 9.17) is 26.3 Å². The summed E-state index contributed by atoms with van der Waals surface area (Å²) in [5, 5.41) is 0. The molecule has 0 spiro atoms. The number of benzene rings is 1. The van der Waals surface area contributed by atoms with Gasteiger partial charge in [0.25, 0.3) is 0 Å². The molecule has 2 unspecified atom stereocenters. The highest BCUT2D eigenvalue weighted by molar-refractivity contribution is 6.19. The Bertz CT molecular complexity index is 940. The van der Waals surface area contributed by atoms with Crippen LogP contribution in [0.25, 0.3) is 11.4 Å². The standard InChI is InChI=1S/C24H31ClN4O2/c1-16-12-29(13-17(2)31-16)22-19-14-28(23(30)24(3,4)15-25)11-10-20(19)26-21(27-22)18-8-6-5-7-9-18/h5-9,16-17H,10-15H2,1-4H3. The van der Waals surface area contributed by atoms with E-state index in [0.29, 0.717) is 25.4 Å². The van der Waals surface area contributed by atoms with Crippen LogP contribution in [-0.2, 0) is 22.5 Å². The summed E-state index contributed by atoms with van der Waals surface area (Å²) in [6.45, 7) is 10.7. The fourth-order valence-corrected chi connectivity index (χ4v) is 4.50. The Balaban J connectivity index is 1.76. The van der Waals surface area contributed by atoms with E-state index < -0.39 is 5.41 Å². The van der Waals surface area contributed by atoms with Gasteiger partial charge in [-0.3, -0.25) is 4.79 Å². The van der Waals surface area contributed by atoms with Gasteiger partial charge in [-0.05, 0) is 27.7 Å². The Morgan fingerprint density at radius 1 is 1.16 bits per heavy atom. The van der Waals surface area contributed by atoms with Crippen molar-refractivity contribution in [1.29, 1.82) is 0 Å². The molecule has 0 radical (unpaired) electrons. The Morgan fingerprint density at radius 2 is 1.84 bits per heavy atom. The normalized spacial score (nSPS) is 21.7. The third kappa shape index (κ3) is 4.55. The van der Waals surface area contributed by atoms with E-state index in [9.17, 15) is 4.79 Å². The van der Waals surface area contributed by atoms with E-state index in [1.807, 2.05) is 49.1 Å². The van der Waals surface area contributed by atoms with E-state index in [2.05, 4.69) is 18.7 Å². The quantitative estimate of drug-likeness (QED) is 0.672. The van der Waals surface area contributed by atoms with Gasteiger partial charge in [-0.15, -0.1) is 11.6 Å². The lowest BCUT2D eigenvalue weighted by Gasteiger charge is -2.39. The summed E-state index contributed by atoms with van der Waals surface area (Å²) in [7, 11) is 0. The van der Waals surface area contributed by atoms with Crippen LogP contribution in [0, 0.1) is 5.41 Å². The van der Waals surface area contributed by atoms with Crippen molar-refractivity contribution in [1.82, 2.24) is 14.9 Å². The average molecular weight is 443 g/mol. The molecular weight excluding hydrogens is 412 g/mol. The number of carbonyl (C=O) groups excluding carboxylic acids is 1. The maximum Gasteiger partial charge on any atom is 0.229 e. The van der Waals surface area contributed by atoms with Crippen molar-refractivity contribution >= 4 is 23.3 Å². The van der Waals surface area contributed by atoms with Crippen LogP contribution in [0.15, 0.2) is 30.3 Å². The first kappa shape index (κ1) is 22.0. The third-order valence-corrected chi connectivity index (χ3v) is 6.66. The fourth-order valence-electron chi connectivity index (χ4n) is 4.38. The highest BCUT2D eigenvalue weighted by atomic mass is 35.5. The zero-order chi connectivity index (χ0) is 22.2. The van der Waals surface area contributed by atoms with Gasteiger partial charge in [-0.25, -0.2) is 9.97 Å². The molecule has 31 heavy (non-hydrogen) atoms. The molecule has 2 atom stereocenters. The fraction of sp³-hybridized carbons (Fsp3) is 0.542. The molecular formula is C24H31ClN4O2. The first-order valence-corrected chi connectivity index (χ1v) is 11.5. The lowest BCUT2D eigenvalue weighted by molar-refractivity contribution is -0.140. The number of hydrogen-bond donors (Lipinski definition) is 0. The minimum absolute atomic E-state index is 0.0787. The summed E-state index contributed by atoms with van der Waals surface area (Å²) < 4.78 is 5.95. The first-order chi connectivity index (χ1) is 14.8. The molecule has 2 aliphatic heterocycles. The number of alkyl halides is 1. The summed E-state index contributed by atoms with van der Waals surface area (Å²) >= 11 is 6.09. The second-order valence-electron chi connectivity index (χ2n) is 9.32. The minimum Gasteiger partial charge on any atom is -0.372 e. The van der Waals surface area contributed by atoms with E-state index >= 15 is 0 Å². The molecule has 1 aromatic carbocycles. The smallest absolute Gasteiger partial charge is 0.229 e. The molecule has 166 valence electrons. The van der Waals surface area contributed by atoms with E-state index in [1.54, 1.807) is 0 Å². The Labute approximate surface area is 189 Å². The van der Waals surface area contributed by atoms with E-state index in [1.165, 1.54) is 0 Å². The number of hydrogen-bond acceptors (Lipinski definition) is 5. The van der Waals surface area contributed by atoms with Crippen LogP contribution in [0.5, 0.6) is 0 Å². The molecule has 1 aromatic heterocycles. The molecule has 1 amide bonds. The SMILES string of the molecule is CC1CN(c2nc(-c3ccccc3)nc3c2CN(C(=O)C(C)(C)CCl)CC3)CC(C)O1. The second kappa shape index (κ2) is 8.75. The number of amides is 1. The number of rotatable bonds is 4. The van der Waals surface area contributed by atoms with Gasteiger partial charge in [0, 0.05) is 43.1 Å². The molecule has 2 aromatic rings. The number of ether oxygens (including phenoxy) is 1. The van der Waals surface area contributed by atoms with E-state index in [0.717, 1.165) is 41.6 Å². The number of morpholine rings is 1. The number of carbonyl (C=O) groups is 1. The predicted octanol–water partition coefficient (Wildman–Crippen LogP) is 3.91. The molecule has 2 aliphatic rings. The Morgan fingerprint density at radius 3 is 2.48 bits per heavy atom.